The third-order valence-corrected chi connectivity index (χ3v) is 4.74. The SMILES string of the molecule is COc1ccc(C2CC(=O)n3nc(N)c(N=Nc4ccc(O)cc4)c3N2)c(OC)c1. The van der Waals surface area contributed by atoms with Crippen molar-refractivity contribution >= 4 is 28.9 Å². The van der Waals surface area contributed by atoms with Crippen LogP contribution in [0.2, 0.25) is 0 Å². The summed E-state index contributed by atoms with van der Waals surface area (Å²) in [6, 6.07) is 11.2. The molecule has 0 saturated heterocycles. The number of methoxy groups -OCH3 is 2. The lowest BCUT2D eigenvalue weighted by atomic mass is 10.0. The average Bonchev–Trinajstić information content (AvgIpc) is 3.08. The Labute approximate surface area is 171 Å². The Hall–Kier alpha value is -4.08. The summed E-state index contributed by atoms with van der Waals surface area (Å²) in [5.74, 6) is 1.57. The number of aromatic hydroxyl groups is 1. The van der Waals surface area contributed by atoms with Crippen LogP contribution < -0.4 is 20.5 Å². The van der Waals surface area contributed by atoms with Crippen LogP contribution in [-0.2, 0) is 0 Å². The summed E-state index contributed by atoms with van der Waals surface area (Å²) in [5, 5.41) is 25.1. The third kappa shape index (κ3) is 3.50. The summed E-state index contributed by atoms with van der Waals surface area (Å²) in [4.78, 5) is 12.7. The fraction of sp³-hybridized carbons (Fsp3) is 0.200. The Morgan fingerprint density at radius 3 is 2.63 bits per heavy atom. The van der Waals surface area contributed by atoms with E-state index in [1.165, 1.54) is 16.8 Å². The number of ether oxygens (including phenoxy) is 2. The second kappa shape index (κ2) is 7.74. The monoisotopic (exact) mass is 408 g/mol. The average molecular weight is 408 g/mol. The van der Waals surface area contributed by atoms with E-state index in [1.54, 1.807) is 38.5 Å². The quantitative estimate of drug-likeness (QED) is 0.546. The predicted octanol–water partition coefficient (Wildman–Crippen LogP) is 3.80. The van der Waals surface area contributed by atoms with Crippen molar-refractivity contribution in [3.63, 3.8) is 0 Å². The first-order chi connectivity index (χ1) is 14.5. The van der Waals surface area contributed by atoms with Crippen molar-refractivity contribution < 1.29 is 19.4 Å². The number of carbonyl (C=O) groups excluding carboxylic acids is 1. The summed E-state index contributed by atoms with van der Waals surface area (Å²) in [6.45, 7) is 0. The minimum Gasteiger partial charge on any atom is -0.508 e. The maximum absolute atomic E-state index is 12.7. The van der Waals surface area contributed by atoms with Crippen molar-refractivity contribution in [2.75, 3.05) is 25.3 Å². The van der Waals surface area contributed by atoms with Gasteiger partial charge in [0.2, 0.25) is 0 Å². The smallest absolute Gasteiger partial charge is 0.251 e. The Kier molecular flexibility index (Phi) is 4.97. The van der Waals surface area contributed by atoms with Gasteiger partial charge in [0.25, 0.3) is 5.91 Å². The lowest BCUT2D eigenvalue weighted by Gasteiger charge is -2.26. The van der Waals surface area contributed by atoms with E-state index >= 15 is 0 Å². The minimum absolute atomic E-state index is 0.0794. The van der Waals surface area contributed by atoms with E-state index < -0.39 is 0 Å². The van der Waals surface area contributed by atoms with E-state index in [0.29, 0.717) is 23.0 Å². The minimum atomic E-state index is -0.371. The molecule has 0 spiro atoms. The third-order valence-electron chi connectivity index (χ3n) is 4.74. The highest BCUT2D eigenvalue weighted by Crippen LogP contribution is 2.41. The molecule has 0 fully saturated rings. The lowest BCUT2D eigenvalue weighted by Crippen LogP contribution is -2.28. The van der Waals surface area contributed by atoms with Gasteiger partial charge in [-0.05, 0) is 36.4 Å². The van der Waals surface area contributed by atoms with Gasteiger partial charge < -0.3 is 25.6 Å². The Balaban J connectivity index is 1.69. The van der Waals surface area contributed by atoms with Crippen molar-refractivity contribution in [2.45, 2.75) is 12.5 Å². The van der Waals surface area contributed by atoms with Gasteiger partial charge in [-0.25, -0.2) is 0 Å². The highest BCUT2D eigenvalue weighted by atomic mass is 16.5. The molecule has 154 valence electrons. The highest BCUT2D eigenvalue weighted by molar-refractivity contribution is 5.90. The number of fused-ring (bicyclic) bond motifs is 1. The molecule has 2 aromatic carbocycles. The second-order valence-corrected chi connectivity index (χ2v) is 6.61. The first kappa shape index (κ1) is 19.2. The number of aromatic nitrogens is 2. The number of phenolic OH excluding ortho intramolecular Hbond substituents is 1. The Morgan fingerprint density at radius 2 is 1.93 bits per heavy atom. The van der Waals surface area contributed by atoms with Gasteiger partial charge in [-0.3, -0.25) is 4.79 Å². The topological polar surface area (TPSA) is 136 Å². The molecule has 0 saturated carbocycles. The molecule has 2 heterocycles. The standard InChI is InChI=1S/C20H20N6O4/c1-29-13-7-8-14(16(9-13)30-2)15-10-17(28)26-20(22-15)18(19(21)25-26)24-23-11-3-5-12(27)6-4-11/h3-9,15,22,27H,10H2,1-2H3,(H2,21,25). The van der Waals surface area contributed by atoms with Crippen LogP contribution >= 0.6 is 0 Å². The Morgan fingerprint density at radius 1 is 1.17 bits per heavy atom. The first-order valence-corrected chi connectivity index (χ1v) is 9.11. The number of rotatable bonds is 5. The van der Waals surface area contributed by atoms with Gasteiger partial charge in [0, 0.05) is 11.6 Å². The van der Waals surface area contributed by atoms with Crippen LogP contribution in [0.5, 0.6) is 17.2 Å². The van der Waals surface area contributed by atoms with Crippen LogP contribution in [0.25, 0.3) is 0 Å². The zero-order valence-electron chi connectivity index (χ0n) is 16.4. The summed E-state index contributed by atoms with van der Waals surface area (Å²) in [5.41, 5.74) is 7.56. The van der Waals surface area contributed by atoms with Gasteiger partial charge in [0.15, 0.2) is 17.3 Å². The summed E-state index contributed by atoms with van der Waals surface area (Å²) in [6.07, 6.45) is 0.158. The van der Waals surface area contributed by atoms with Crippen LogP contribution in [0, 0.1) is 0 Å². The fourth-order valence-electron chi connectivity index (χ4n) is 3.23. The zero-order chi connectivity index (χ0) is 21.3. The number of hydrogen-bond acceptors (Lipinski definition) is 9. The van der Waals surface area contributed by atoms with Gasteiger partial charge >= 0.3 is 0 Å². The summed E-state index contributed by atoms with van der Waals surface area (Å²) in [7, 11) is 3.13. The van der Waals surface area contributed by atoms with Gasteiger partial charge in [-0.1, -0.05) is 0 Å². The number of carbonyl (C=O) groups is 1. The van der Waals surface area contributed by atoms with E-state index in [0.717, 1.165) is 5.56 Å². The van der Waals surface area contributed by atoms with Crippen LogP contribution in [0.3, 0.4) is 0 Å². The number of hydrogen-bond donors (Lipinski definition) is 3. The largest absolute Gasteiger partial charge is 0.508 e. The van der Waals surface area contributed by atoms with Crippen LogP contribution in [0.4, 0.5) is 23.0 Å². The number of phenols is 1. The van der Waals surface area contributed by atoms with Crippen molar-refractivity contribution in [3.05, 3.63) is 48.0 Å². The van der Waals surface area contributed by atoms with Crippen LogP contribution in [-0.4, -0.2) is 35.0 Å². The molecule has 10 heteroatoms. The number of benzene rings is 2. The van der Waals surface area contributed by atoms with Gasteiger partial charge in [-0.2, -0.15) is 9.80 Å². The molecule has 1 aromatic heterocycles. The van der Waals surface area contributed by atoms with Crippen molar-refractivity contribution in [1.82, 2.24) is 9.78 Å². The van der Waals surface area contributed by atoms with Gasteiger partial charge in [-0.15, -0.1) is 10.2 Å². The molecule has 0 aliphatic carbocycles. The number of nitrogen functional groups attached to an aromatic ring is 1. The number of nitrogens with zero attached hydrogens (tertiary/aromatic N) is 4. The second-order valence-electron chi connectivity index (χ2n) is 6.61. The molecule has 0 radical (unpaired) electrons. The number of nitrogens with two attached hydrogens (primary N) is 1. The Bertz CT molecular complexity index is 1120. The lowest BCUT2D eigenvalue weighted by molar-refractivity contribution is 0.0872. The summed E-state index contributed by atoms with van der Waals surface area (Å²) < 4.78 is 11.9. The predicted molar refractivity (Wildman–Crippen MR) is 110 cm³/mol. The molecular weight excluding hydrogens is 388 g/mol. The molecule has 10 nitrogen and oxygen atoms in total. The van der Waals surface area contributed by atoms with Gasteiger partial charge in [0.1, 0.15) is 17.2 Å². The molecule has 3 aromatic rings. The van der Waals surface area contributed by atoms with E-state index in [1.807, 2.05) is 6.07 Å². The molecule has 1 aliphatic rings. The van der Waals surface area contributed by atoms with E-state index in [-0.39, 0.29) is 35.6 Å². The van der Waals surface area contributed by atoms with E-state index in [4.69, 9.17) is 15.2 Å². The normalized spacial score (nSPS) is 15.7. The van der Waals surface area contributed by atoms with Crippen molar-refractivity contribution in [1.29, 1.82) is 0 Å². The molecule has 1 atom stereocenters. The number of anilines is 2. The molecular formula is C20H20N6O4. The molecule has 30 heavy (non-hydrogen) atoms. The van der Waals surface area contributed by atoms with E-state index in [2.05, 4.69) is 20.6 Å². The fourth-order valence-corrected chi connectivity index (χ4v) is 3.23. The first-order valence-electron chi connectivity index (χ1n) is 9.11. The van der Waals surface area contributed by atoms with Gasteiger partial charge in [0.05, 0.1) is 32.4 Å². The van der Waals surface area contributed by atoms with Crippen LogP contribution in [0.1, 0.15) is 22.8 Å². The number of nitrogens with one attached hydrogen (secondary N) is 1. The maximum Gasteiger partial charge on any atom is 0.251 e. The molecule has 0 amide bonds. The summed E-state index contributed by atoms with van der Waals surface area (Å²) >= 11 is 0. The van der Waals surface area contributed by atoms with E-state index in [9.17, 15) is 9.90 Å². The van der Waals surface area contributed by atoms with Crippen molar-refractivity contribution in [3.8, 4) is 17.2 Å². The molecule has 4 N–H and O–H groups in total. The molecule has 4 rings (SSSR count). The highest BCUT2D eigenvalue weighted by Gasteiger charge is 2.32. The number of azo groups is 1. The molecule has 1 unspecified atom stereocenters. The molecule has 0 bridgehead atoms. The zero-order valence-corrected chi connectivity index (χ0v) is 16.4. The molecule has 1 aliphatic heterocycles. The van der Waals surface area contributed by atoms with Crippen molar-refractivity contribution in [2.24, 2.45) is 10.2 Å². The van der Waals surface area contributed by atoms with Crippen LogP contribution in [0.15, 0.2) is 52.7 Å². The maximum atomic E-state index is 12.7.